The Bertz CT molecular complexity index is 173. The molecule has 0 aliphatic carbocycles. The summed E-state index contributed by atoms with van der Waals surface area (Å²) in [7, 11) is 0. The molecule has 90 valence electrons. The van der Waals surface area contributed by atoms with E-state index in [-0.39, 0.29) is 10.8 Å². The SMILES string of the molecule is CC(C)(C)COCC(Cl)CN1CCCC1. The molecule has 1 heterocycles. The summed E-state index contributed by atoms with van der Waals surface area (Å²) in [6, 6.07) is 0. The van der Waals surface area contributed by atoms with Crippen LogP contribution in [0, 0.1) is 5.41 Å². The lowest BCUT2D eigenvalue weighted by molar-refractivity contribution is 0.0674. The molecule has 1 fully saturated rings. The largest absolute Gasteiger partial charge is 0.379 e. The summed E-state index contributed by atoms with van der Waals surface area (Å²) in [6.07, 6.45) is 2.65. The number of likely N-dealkylation sites (tertiary alicyclic amines) is 1. The summed E-state index contributed by atoms with van der Waals surface area (Å²) >= 11 is 6.22. The highest BCUT2D eigenvalue weighted by atomic mass is 35.5. The molecule has 3 heteroatoms. The van der Waals surface area contributed by atoms with Gasteiger partial charge in [0.25, 0.3) is 0 Å². The van der Waals surface area contributed by atoms with Crippen molar-refractivity contribution in [3.8, 4) is 0 Å². The number of hydrogen-bond donors (Lipinski definition) is 0. The third-order valence-corrected chi connectivity index (χ3v) is 2.75. The van der Waals surface area contributed by atoms with Gasteiger partial charge in [-0.15, -0.1) is 11.6 Å². The van der Waals surface area contributed by atoms with Crippen LogP contribution in [0.15, 0.2) is 0 Å². The predicted octanol–water partition coefficient (Wildman–Crippen LogP) is 2.75. The average molecular weight is 234 g/mol. The van der Waals surface area contributed by atoms with E-state index >= 15 is 0 Å². The molecule has 0 aromatic rings. The van der Waals surface area contributed by atoms with E-state index in [1.165, 1.54) is 25.9 Å². The van der Waals surface area contributed by atoms with Crippen molar-refractivity contribution in [1.29, 1.82) is 0 Å². The smallest absolute Gasteiger partial charge is 0.0696 e. The van der Waals surface area contributed by atoms with Gasteiger partial charge in [0.1, 0.15) is 0 Å². The maximum absolute atomic E-state index is 6.22. The maximum Gasteiger partial charge on any atom is 0.0696 e. The Kier molecular flexibility index (Phi) is 5.37. The van der Waals surface area contributed by atoms with Crippen LogP contribution in [0.25, 0.3) is 0 Å². The molecule has 0 aromatic carbocycles. The maximum atomic E-state index is 6.22. The molecule has 2 nitrogen and oxygen atoms in total. The van der Waals surface area contributed by atoms with Crippen LogP contribution in [-0.2, 0) is 4.74 Å². The molecule has 1 aliphatic rings. The fraction of sp³-hybridized carbons (Fsp3) is 1.00. The fourth-order valence-corrected chi connectivity index (χ4v) is 2.08. The molecule has 1 atom stereocenters. The molecule has 1 rings (SSSR count). The first-order chi connectivity index (χ1) is 6.97. The molecule has 0 spiro atoms. The first-order valence-electron chi connectivity index (χ1n) is 5.91. The number of ether oxygens (including phenoxy) is 1. The van der Waals surface area contributed by atoms with Crippen LogP contribution < -0.4 is 0 Å². The minimum absolute atomic E-state index is 0.144. The molecule has 1 saturated heterocycles. The Balaban J connectivity index is 2.05. The van der Waals surface area contributed by atoms with Crippen LogP contribution in [0.1, 0.15) is 33.6 Å². The van der Waals surface area contributed by atoms with Crippen molar-refractivity contribution in [1.82, 2.24) is 4.90 Å². The van der Waals surface area contributed by atoms with Crippen molar-refractivity contribution in [2.75, 3.05) is 32.8 Å². The van der Waals surface area contributed by atoms with E-state index in [0.29, 0.717) is 6.61 Å². The molecule has 0 saturated carbocycles. The Hall–Kier alpha value is 0.210. The van der Waals surface area contributed by atoms with Gasteiger partial charge in [-0.2, -0.15) is 0 Å². The van der Waals surface area contributed by atoms with Crippen molar-refractivity contribution < 1.29 is 4.74 Å². The lowest BCUT2D eigenvalue weighted by Gasteiger charge is -2.22. The van der Waals surface area contributed by atoms with Crippen molar-refractivity contribution in [3.63, 3.8) is 0 Å². The summed E-state index contributed by atoms with van der Waals surface area (Å²) in [5, 5.41) is 0.144. The van der Waals surface area contributed by atoms with Gasteiger partial charge in [0.2, 0.25) is 0 Å². The number of rotatable bonds is 5. The molecule has 1 aliphatic heterocycles. The minimum atomic E-state index is 0.144. The standard InChI is InChI=1S/C12H24ClNO/c1-12(2,3)10-15-9-11(13)8-14-6-4-5-7-14/h11H,4-10H2,1-3H3. The monoisotopic (exact) mass is 233 g/mol. The second-order valence-electron chi connectivity index (χ2n) is 5.68. The Morgan fingerprint density at radius 1 is 1.27 bits per heavy atom. The summed E-state index contributed by atoms with van der Waals surface area (Å²) in [5.74, 6) is 0. The van der Waals surface area contributed by atoms with Crippen LogP contribution >= 0.6 is 11.6 Å². The Labute approximate surface area is 98.9 Å². The summed E-state index contributed by atoms with van der Waals surface area (Å²) in [6.45, 7) is 11.4. The molecular weight excluding hydrogens is 210 g/mol. The molecule has 0 amide bonds. The van der Waals surface area contributed by atoms with Gasteiger partial charge in [-0.3, -0.25) is 0 Å². The van der Waals surface area contributed by atoms with E-state index in [0.717, 1.165) is 13.2 Å². The topological polar surface area (TPSA) is 12.5 Å². The quantitative estimate of drug-likeness (QED) is 0.678. The Morgan fingerprint density at radius 2 is 1.87 bits per heavy atom. The summed E-state index contributed by atoms with van der Waals surface area (Å²) in [5.41, 5.74) is 0.240. The van der Waals surface area contributed by atoms with Gasteiger partial charge >= 0.3 is 0 Å². The first-order valence-corrected chi connectivity index (χ1v) is 6.35. The second-order valence-corrected chi connectivity index (χ2v) is 6.30. The number of hydrogen-bond acceptors (Lipinski definition) is 2. The van der Waals surface area contributed by atoms with E-state index in [2.05, 4.69) is 25.7 Å². The van der Waals surface area contributed by atoms with Crippen molar-refractivity contribution in [2.45, 2.75) is 39.0 Å². The van der Waals surface area contributed by atoms with Crippen LogP contribution in [0.5, 0.6) is 0 Å². The highest BCUT2D eigenvalue weighted by Gasteiger charge is 2.17. The van der Waals surface area contributed by atoms with E-state index in [9.17, 15) is 0 Å². The highest BCUT2D eigenvalue weighted by molar-refractivity contribution is 6.20. The van der Waals surface area contributed by atoms with E-state index in [1.54, 1.807) is 0 Å². The number of halogens is 1. The summed E-state index contributed by atoms with van der Waals surface area (Å²) < 4.78 is 5.61. The zero-order valence-electron chi connectivity index (χ0n) is 10.3. The summed E-state index contributed by atoms with van der Waals surface area (Å²) in [4.78, 5) is 2.43. The fourth-order valence-electron chi connectivity index (χ4n) is 1.79. The van der Waals surface area contributed by atoms with Gasteiger partial charge in [0.15, 0.2) is 0 Å². The molecule has 15 heavy (non-hydrogen) atoms. The van der Waals surface area contributed by atoms with E-state index < -0.39 is 0 Å². The minimum Gasteiger partial charge on any atom is -0.379 e. The molecule has 0 aromatic heterocycles. The van der Waals surface area contributed by atoms with Crippen LogP contribution in [0.3, 0.4) is 0 Å². The number of nitrogens with zero attached hydrogens (tertiary/aromatic N) is 1. The van der Waals surface area contributed by atoms with Crippen LogP contribution in [0.2, 0.25) is 0 Å². The van der Waals surface area contributed by atoms with Gasteiger partial charge in [-0.05, 0) is 31.3 Å². The third-order valence-electron chi connectivity index (χ3n) is 2.49. The normalized spacial score (nSPS) is 20.8. The van der Waals surface area contributed by atoms with Gasteiger partial charge in [-0.25, -0.2) is 0 Å². The molecule has 0 bridgehead atoms. The first kappa shape index (κ1) is 13.3. The van der Waals surface area contributed by atoms with Gasteiger partial charge in [-0.1, -0.05) is 20.8 Å². The van der Waals surface area contributed by atoms with Crippen molar-refractivity contribution in [3.05, 3.63) is 0 Å². The van der Waals surface area contributed by atoms with E-state index in [4.69, 9.17) is 16.3 Å². The van der Waals surface area contributed by atoms with Gasteiger partial charge < -0.3 is 9.64 Å². The van der Waals surface area contributed by atoms with Crippen molar-refractivity contribution >= 4 is 11.6 Å². The van der Waals surface area contributed by atoms with Gasteiger partial charge in [0, 0.05) is 6.54 Å². The van der Waals surface area contributed by atoms with E-state index in [1.807, 2.05) is 0 Å². The average Bonchev–Trinajstić information content (AvgIpc) is 2.54. The Morgan fingerprint density at radius 3 is 2.40 bits per heavy atom. The van der Waals surface area contributed by atoms with Crippen molar-refractivity contribution in [2.24, 2.45) is 5.41 Å². The molecule has 1 unspecified atom stereocenters. The molecular formula is C12H24ClNO. The molecule has 0 N–H and O–H groups in total. The third kappa shape index (κ3) is 6.39. The van der Waals surface area contributed by atoms with Gasteiger partial charge in [0.05, 0.1) is 18.6 Å². The van der Waals surface area contributed by atoms with Crippen LogP contribution in [-0.4, -0.2) is 43.1 Å². The lowest BCUT2D eigenvalue weighted by atomic mass is 9.99. The van der Waals surface area contributed by atoms with Crippen LogP contribution in [0.4, 0.5) is 0 Å². The second kappa shape index (κ2) is 6.07. The molecule has 0 radical (unpaired) electrons. The zero-order chi connectivity index (χ0) is 11.3. The lowest BCUT2D eigenvalue weighted by Crippen LogP contribution is -2.30. The predicted molar refractivity (Wildman–Crippen MR) is 65.6 cm³/mol. The number of alkyl halides is 1. The zero-order valence-corrected chi connectivity index (χ0v) is 11.0. The highest BCUT2D eigenvalue weighted by Crippen LogP contribution is 2.14.